The summed E-state index contributed by atoms with van der Waals surface area (Å²) < 4.78 is 3.17. The Hall–Kier alpha value is -0.970. The van der Waals surface area contributed by atoms with Crippen LogP contribution in [0.4, 0.5) is 11.4 Å². The van der Waals surface area contributed by atoms with Crippen LogP contribution in [0, 0.1) is 13.8 Å². The standard InChI is InChI=1S/C16H17NTe/c1-4-17-13-7-5-11(2)9-15(13)18-16-10-12(3)6-8-14(16)17/h5-10H,4H2,1-3H3. The molecule has 0 bridgehead atoms. The van der Waals surface area contributed by atoms with Crippen molar-refractivity contribution in [3.63, 3.8) is 0 Å². The molecule has 1 aliphatic rings. The van der Waals surface area contributed by atoms with E-state index >= 15 is 0 Å². The molecule has 0 saturated carbocycles. The molecule has 1 heterocycles. The third-order valence-corrected chi connectivity index (χ3v) is 6.47. The van der Waals surface area contributed by atoms with Crippen molar-refractivity contribution < 1.29 is 0 Å². The fraction of sp³-hybridized carbons (Fsp3) is 0.250. The zero-order valence-corrected chi connectivity index (χ0v) is 13.4. The third kappa shape index (κ3) is 1.94. The first-order chi connectivity index (χ1) is 8.69. The van der Waals surface area contributed by atoms with Gasteiger partial charge in [-0.1, -0.05) is 0 Å². The van der Waals surface area contributed by atoms with E-state index in [0.717, 1.165) is 6.54 Å². The number of rotatable bonds is 1. The first kappa shape index (κ1) is 12.1. The predicted molar refractivity (Wildman–Crippen MR) is 80.1 cm³/mol. The Morgan fingerprint density at radius 3 is 1.83 bits per heavy atom. The van der Waals surface area contributed by atoms with Crippen molar-refractivity contribution >= 4 is 39.5 Å². The first-order valence-electron chi connectivity index (χ1n) is 6.35. The molecule has 0 aliphatic carbocycles. The van der Waals surface area contributed by atoms with E-state index in [4.69, 9.17) is 0 Å². The van der Waals surface area contributed by atoms with Gasteiger partial charge in [-0.05, 0) is 0 Å². The van der Waals surface area contributed by atoms with Gasteiger partial charge in [-0.15, -0.1) is 0 Å². The van der Waals surface area contributed by atoms with Gasteiger partial charge in [-0.2, -0.15) is 0 Å². The summed E-state index contributed by atoms with van der Waals surface area (Å²) in [5, 5.41) is 0. The second kappa shape index (κ2) is 4.61. The van der Waals surface area contributed by atoms with Crippen molar-refractivity contribution in [2.45, 2.75) is 20.8 Å². The van der Waals surface area contributed by atoms with E-state index in [-0.39, 0.29) is 20.9 Å². The van der Waals surface area contributed by atoms with Crippen LogP contribution in [0.25, 0.3) is 0 Å². The van der Waals surface area contributed by atoms with Crippen LogP contribution in [0.3, 0.4) is 0 Å². The molecule has 0 saturated heterocycles. The van der Waals surface area contributed by atoms with E-state index in [1.165, 1.54) is 22.5 Å². The molecule has 1 aliphatic heterocycles. The summed E-state index contributed by atoms with van der Waals surface area (Å²) in [6, 6.07) is 13.8. The van der Waals surface area contributed by atoms with Crippen LogP contribution in [-0.4, -0.2) is 27.5 Å². The Morgan fingerprint density at radius 2 is 1.39 bits per heavy atom. The van der Waals surface area contributed by atoms with Crippen LogP contribution in [0.5, 0.6) is 0 Å². The predicted octanol–water partition coefficient (Wildman–Crippen LogP) is 2.43. The van der Waals surface area contributed by atoms with Crippen molar-refractivity contribution in [3.8, 4) is 0 Å². The van der Waals surface area contributed by atoms with Gasteiger partial charge in [-0.3, -0.25) is 0 Å². The second-order valence-corrected chi connectivity index (χ2v) is 7.88. The molecule has 1 nitrogen and oxygen atoms in total. The molecule has 3 rings (SSSR count). The molecule has 0 radical (unpaired) electrons. The number of nitrogens with zero attached hydrogens (tertiary/aromatic N) is 1. The molecular formula is C16H17NTe. The normalized spacial score (nSPS) is 13.2. The summed E-state index contributed by atoms with van der Waals surface area (Å²) in [6.45, 7) is 7.66. The van der Waals surface area contributed by atoms with E-state index in [1.807, 2.05) is 0 Å². The van der Waals surface area contributed by atoms with Gasteiger partial charge in [0.05, 0.1) is 0 Å². The summed E-state index contributed by atoms with van der Waals surface area (Å²) in [5.41, 5.74) is 5.63. The van der Waals surface area contributed by atoms with E-state index in [0.29, 0.717) is 0 Å². The van der Waals surface area contributed by atoms with E-state index < -0.39 is 0 Å². The zero-order chi connectivity index (χ0) is 12.7. The molecular weight excluding hydrogens is 334 g/mol. The topological polar surface area (TPSA) is 3.24 Å². The molecule has 0 amide bonds. The van der Waals surface area contributed by atoms with E-state index in [2.05, 4.69) is 62.1 Å². The summed E-state index contributed by atoms with van der Waals surface area (Å²) in [7, 11) is 0. The number of fused-ring (bicyclic) bond motifs is 2. The molecule has 0 N–H and O–H groups in total. The monoisotopic (exact) mass is 353 g/mol. The van der Waals surface area contributed by atoms with Crippen molar-refractivity contribution in [1.29, 1.82) is 0 Å². The van der Waals surface area contributed by atoms with Crippen molar-refractivity contribution in [3.05, 3.63) is 47.5 Å². The van der Waals surface area contributed by atoms with Gasteiger partial charge in [0.2, 0.25) is 0 Å². The maximum atomic E-state index is 2.46. The van der Waals surface area contributed by atoms with E-state index in [9.17, 15) is 0 Å². The minimum absolute atomic E-state index is 0.232. The van der Waals surface area contributed by atoms with Gasteiger partial charge in [0.15, 0.2) is 0 Å². The van der Waals surface area contributed by atoms with Gasteiger partial charge in [-0.25, -0.2) is 0 Å². The van der Waals surface area contributed by atoms with Gasteiger partial charge in [0.25, 0.3) is 0 Å². The molecule has 0 aromatic heterocycles. The number of benzene rings is 2. The Morgan fingerprint density at radius 1 is 0.889 bits per heavy atom. The van der Waals surface area contributed by atoms with Crippen molar-refractivity contribution in [2.24, 2.45) is 0 Å². The molecule has 2 heteroatoms. The fourth-order valence-electron chi connectivity index (χ4n) is 2.44. The number of aryl methyl sites for hydroxylation is 2. The Balaban J connectivity index is 2.18. The van der Waals surface area contributed by atoms with Gasteiger partial charge < -0.3 is 0 Å². The minimum atomic E-state index is -0.232. The van der Waals surface area contributed by atoms with Gasteiger partial charge >= 0.3 is 119 Å². The molecule has 0 atom stereocenters. The fourth-order valence-corrected chi connectivity index (χ4v) is 6.13. The Bertz CT molecular complexity index is 553. The average molecular weight is 351 g/mol. The van der Waals surface area contributed by atoms with Crippen LogP contribution >= 0.6 is 0 Å². The average Bonchev–Trinajstić information content (AvgIpc) is 2.35. The van der Waals surface area contributed by atoms with Crippen LogP contribution < -0.4 is 12.1 Å². The van der Waals surface area contributed by atoms with Gasteiger partial charge in [0.1, 0.15) is 0 Å². The van der Waals surface area contributed by atoms with Crippen LogP contribution in [0.1, 0.15) is 18.1 Å². The Labute approximate surface area is 119 Å². The summed E-state index contributed by atoms with van der Waals surface area (Å²) >= 11 is -0.232. The summed E-state index contributed by atoms with van der Waals surface area (Å²) in [4.78, 5) is 2.46. The maximum absolute atomic E-state index is 2.46. The quantitative estimate of drug-likeness (QED) is 0.714. The Kier molecular flexibility index (Phi) is 3.09. The molecule has 18 heavy (non-hydrogen) atoms. The van der Waals surface area contributed by atoms with Crippen molar-refractivity contribution in [2.75, 3.05) is 11.4 Å². The number of anilines is 2. The SMILES string of the molecule is CCN1c2ccc(C)cc2[Te]c2cc(C)ccc21. The van der Waals surface area contributed by atoms with Gasteiger partial charge in [0, 0.05) is 0 Å². The summed E-state index contributed by atoms with van der Waals surface area (Å²) in [6.07, 6.45) is 0. The molecule has 0 spiro atoms. The molecule has 92 valence electrons. The van der Waals surface area contributed by atoms with Crippen LogP contribution in [-0.2, 0) is 0 Å². The summed E-state index contributed by atoms with van der Waals surface area (Å²) in [5.74, 6) is 0. The molecule has 2 aromatic rings. The van der Waals surface area contributed by atoms with E-state index in [1.54, 1.807) is 7.22 Å². The third-order valence-electron chi connectivity index (χ3n) is 3.35. The number of hydrogen-bond acceptors (Lipinski definition) is 1. The first-order valence-corrected chi connectivity index (χ1v) is 8.69. The molecule has 0 unspecified atom stereocenters. The second-order valence-electron chi connectivity index (χ2n) is 4.79. The molecule has 2 aromatic carbocycles. The van der Waals surface area contributed by atoms with Crippen LogP contribution in [0.2, 0.25) is 0 Å². The number of hydrogen-bond donors (Lipinski definition) is 0. The zero-order valence-electron chi connectivity index (χ0n) is 11.0. The van der Waals surface area contributed by atoms with Crippen LogP contribution in [0.15, 0.2) is 36.4 Å². The molecule has 0 fully saturated rings. The van der Waals surface area contributed by atoms with Crippen molar-refractivity contribution in [1.82, 2.24) is 0 Å².